The number of carbonyl (C=O) groups excluding carboxylic acids is 1. The molecule has 0 heterocycles. The summed E-state index contributed by atoms with van der Waals surface area (Å²) < 4.78 is 23.9. The van der Waals surface area contributed by atoms with E-state index in [2.05, 4.69) is 67.8 Å². The van der Waals surface area contributed by atoms with Gasteiger partial charge in [0.15, 0.2) is 0 Å². The van der Waals surface area contributed by atoms with E-state index < -0.39 is 20.0 Å². The molecule has 8 nitrogen and oxygen atoms in total. The number of aliphatic hydroxyl groups is 1. The van der Waals surface area contributed by atoms with Crippen molar-refractivity contribution in [2.24, 2.45) is 0 Å². The summed E-state index contributed by atoms with van der Waals surface area (Å²) in [5.74, 6) is -0.136. The van der Waals surface area contributed by atoms with E-state index in [1.54, 1.807) is 0 Å². The van der Waals surface area contributed by atoms with E-state index in [4.69, 9.17) is 9.05 Å². The highest BCUT2D eigenvalue weighted by molar-refractivity contribution is 7.47. The molecule has 0 radical (unpaired) electrons. The maximum absolute atomic E-state index is 13.1. The largest absolute Gasteiger partial charge is 0.472 e. The van der Waals surface area contributed by atoms with Crippen LogP contribution in [-0.4, -0.2) is 73.4 Å². The van der Waals surface area contributed by atoms with Gasteiger partial charge in [0.25, 0.3) is 0 Å². The minimum absolute atomic E-state index is 0.0772. The van der Waals surface area contributed by atoms with Crippen molar-refractivity contribution < 1.29 is 32.9 Å². The van der Waals surface area contributed by atoms with Crippen LogP contribution >= 0.6 is 7.82 Å². The molecular weight excluding hydrogens is 1060 g/mol. The fourth-order valence-corrected chi connectivity index (χ4v) is 12.1. The van der Waals surface area contributed by atoms with E-state index >= 15 is 0 Å². The summed E-state index contributed by atoms with van der Waals surface area (Å²) in [5.41, 5.74) is 0. The Labute approximate surface area is 524 Å². The van der Waals surface area contributed by atoms with E-state index in [9.17, 15) is 19.4 Å². The molecule has 0 aliphatic carbocycles. The number of aliphatic hydroxyl groups excluding tert-OH is 1. The Balaban J connectivity index is 3.90. The molecule has 496 valence electrons. The molecule has 3 N–H and O–H groups in total. The van der Waals surface area contributed by atoms with Crippen LogP contribution in [0.25, 0.3) is 0 Å². The first-order valence-electron chi connectivity index (χ1n) is 37.0. The summed E-state index contributed by atoms with van der Waals surface area (Å²) in [7, 11) is 1.64. The van der Waals surface area contributed by atoms with Gasteiger partial charge in [0.2, 0.25) is 5.91 Å². The Morgan fingerprint density at radius 2 is 0.714 bits per heavy atom. The number of phosphoric ester groups is 1. The van der Waals surface area contributed by atoms with E-state index in [1.165, 1.54) is 283 Å². The molecule has 3 atom stereocenters. The van der Waals surface area contributed by atoms with Crippen molar-refractivity contribution >= 4 is 13.7 Å². The quantitative estimate of drug-likeness (QED) is 0.0243. The zero-order valence-corrected chi connectivity index (χ0v) is 57.8. The van der Waals surface area contributed by atoms with Gasteiger partial charge in [-0.25, -0.2) is 4.57 Å². The number of hydrogen-bond acceptors (Lipinski definition) is 5. The van der Waals surface area contributed by atoms with Crippen LogP contribution in [-0.2, 0) is 18.4 Å². The molecule has 0 bridgehead atoms. The fourth-order valence-electron chi connectivity index (χ4n) is 11.4. The van der Waals surface area contributed by atoms with Gasteiger partial charge in [-0.05, 0) is 51.4 Å². The summed E-state index contributed by atoms with van der Waals surface area (Å²) >= 11 is 0. The molecule has 84 heavy (non-hydrogen) atoms. The van der Waals surface area contributed by atoms with Crippen molar-refractivity contribution in [3.63, 3.8) is 0 Å². The molecular formula is C75H146N2O6P+. The Hall–Kier alpha value is -1.54. The lowest BCUT2D eigenvalue weighted by molar-refractivity contribution is -0.870. The summed E-state index contributed by atoms with van der Waals surface area (Å²) in [6.07, 6.45) is 89.5. The zero-order chi connectivity index (χ0) is 61.2. The van der Waals surface area contributed by atoms with Crippen LogP contribution in [0.3, 0.4) is 0 Å². The molecule has 9 heteroatoms. The minimum atomic E-state index is -4.33. The Kier molecular flexibility index (Phi) is 64.7. The highest BCUT2D eigenvalue weighted by Crippen LogP contribution is 2.43. The highest BCUT2D eigenvalue weighted by Gasteiger charge is 2.28. The smallest absolute Gasteiger partial charge is 0.391 e. The molecule has 1 amide bonds. The summed E-state index contributed by atoms with van der Waals surface area (Å²) in [6.45, 7) is 4.83. The summed E-state index contributed by atoms with van der Waals surface area (Å²) in [4.78, 5) is 23.5. The molecule has 0 aromatic carbocycles. The second kappa shape index (κ2) is 65.9. The molecule has 0 rings (SSSR count). The van der Waals surface area contributed by atoms with Gasteiger partial charge in [-0.2, -0.15) is 0 Å². The van der Waals surface area contributed by atoms with Crippen LogP contribution in [0.1, 0.15) is 373 Å². The van der Waals surface area contributed by atoms with Gasteiger partial charge in [-0.15, -0.1) is 0 Å². The number of allylic oxidation sites excluding steroid dienone is 8. The number of carbonyl (C=O) groups is 1. The second-order valence-electron chi connectivity index (χ2n) is 26.7. The average Bonchev–Trinajstić information content (AvgIpc) is 3.56. The SMILES string of the molecule is CC/C=C\C/C=C\C/C=C\C/C=C\CCCCCCCCCCCCCCCCCCCCCCCCCCCCC(=O)NC(COP(=O)(O)OCC[N+](C)(C)C)C(O)CCCCCCCCCCCCCCCCCCCCCCCCC. The summed E-state index contributed by atoms with van der Waals surface area (Å²) in [5, 5.41) is 14.2. The lowest BCUT2D eigenvalue weighted by Crippen LogP contribution is -2.46. The number of likely N-dealkylation sites (N-methyl/N-ethyl adjacent to an activating group) is 1. The topological polar surface area (TPSA) is 105 Å². The number of amides is 1. The third-order valence-corrected chi connectivity index (χ3v) is 18.1. The van der Waals surface area contributed by atoms with Gasteiger partial charge in [-0.3, -0.25) is 13.8 Å². The predicted molar refractivity (Wildman–Crippen MR) is 369 cm³/mol. The van der Waals surface area contributed by atoms with Gasteiger partial charge in [0, 0.05) is 6.42 Å². The van der Waals surface area contributed by atoms with Crippen molar-refractivity contribution in [1.82, 2.24) is 5.32 Å². The normalized spacial score (nSPS) is 13.8. The first kappa shape index (κ1) is 82.5. The maximum Gasteiger partial charge on any atom is 0.472 e. The Bertz CT molecular complexity index is 1510. The molecule has 0 spiro atoms. The van der Waals surface area contributed by atoms with Crippen molar-refractivity contribution in [1.29, 1.82) is 0 Å². The molecule has 0 fully saturated rings. The van der Waals surface area contributed by atoms with Gasteiger partial charge >= 0.3 is 7.82 Å². The lowest BCUT2D eigenvalue weighted by atomic mass is 10.0. The van der Waals surface area contributed by atoms with Crippen LogP contribution in [0.5, 0.6) is 0 Å². The monoisotopic (exact) mass is 1200 g/mol. The highest BCUT2D eigenvalue weighted by atomic mass is 31.2. The fraction of sp³-hybridized carbons (Fsp3) is 0.880. The van der Waals surface area contributed by atoms with E-state index in [0.29, 0.717) is 23.9 Å². The summed E-state index contributed by atoms with van der Waals surface area (Å²) in [6, 6.07) is -0.760. The van der Waals surface area contributed by atoms with Crippen molar-refractivity contribution in [3.05, 3.63) is 48.6 Å². The molecule has 0 aliphatic heterocycles. The van der Waals surface area contributed by atoms with Crippen LogP contribution in [0.4, 0.5) is 0 Å². The number of quaternary nitrogens is 1. The number of phosphoric acid groups is 1. The second-order valence-corrected chi connectivity index (χ2v) is 28.1. The molecule has 0 saturated carbocycles. The molecule has 0 aromatic rings. The van der Waals surface area contributed by atoms with Gasteiger partial charge in [-0.1, -0.05) is 364 Å². The first-order chi connectivity index (χ1) is 41.0. The molecule has 0 aliphatic rings. The number of rotatable bonds is 69. The van der Waals surface area contributed by atoms with Gasteiger partial charge < -0.3 is 19.8 Å². The molecule has 0 aromatic heterocycles. The molecule has 3 unspecified atom stereocenters. The van der Waals surface area contributed by atoms with Crippen molar-refractivity contribution in [2.45, 2.75) is 386 Å². The predicted octanol–water partition coefficient (Wildman–Crippen LogP) is 23.8. The van der Waals surface area contributed by atoms with E-state index in [0.717, 1.165) is 64.2 Å². The van der Waals surface area contributed by atoms with Crippen LogP contribution in [0.2, 0.25) is 0 Å². The number of unbranched alkanes of at least 4 members (excludes halogenated alkanes) is 48. The average molecular weight is 1200 g/mol. The number of nitrogens with one attached hydrogen (secondary N) is 1. The number of nitrogens with zero attached hydrogens (tertiary/aromatic N) is 1. The number of hydrogen-bond donors (Lipinski definition) is 3. The lowest BCUT2D eigenvalue weighted by Gasteiger charge is -2.26. The minimum Gasteiger partial charge on any atom is -0.391 e. The van der Waals surface area contributed by atoms with E-state index in [-0.39, 0.29) is 19.1 Å². The van der Waals surface area contributed by atoms with Gasteiger partial charge in [0.1, 0.15) is 13.2 Å². The van der Waals surface area contributed by atoms with Crippen LogP contribution < -0.4 is 5.32 Å². The van der Waals surface area contributed by atoms with Crippen LogP contribution in [0, 0.1) is 0 Å². The first-order valence-corrected chi connectivity index (χ1v) is 38.5. The third-order valence-electron chi connectivity index (χ3n) is 17.1. The third kappa shape index (κ3) is 68.0. The van der Waals surface area contributed by atoms with E-state index in [1.807, 2.05) is 21.1 Å². The standard InChI is InChI=1S/C75H145N2O6P/c1-6-8-10-12-14-16-18-20-22-24-26-28-30-31-32-33-34-35-36-37-38-39-40-41-42-43-44-45-47-49-51-53-55-57-59-61-63-65-67-69-75(79)76-73(72-83-84(80,81)82-71-70-77(3,4)5)74(78)68-66-64-62-60-58-56-54-52-50-48-46-29-27-25-23-21-19-17-15-13-11-9-7-2/h8,10,14,16,20,22,26,28,73-74,78H,6-7,9,11-13,15,17-19,21,23-25,27,29-72H2,1-5H3,(H-,76,79,80,81)/p+1/b10-8-,16-14-,22-20-,28-26-. The van der Waals surface area contributed by atoms with Crippen molar-refractivity contribution in [2.75, 3.05) is 40.9 Å². The maximum atomic E-state index is 13.1. The Morgan fingerprint density at radius 1 is 0.417 bits per heavy atom. The molecule has 0 saturated heterocycles. The Morgan fingerprint density at radius 3 is 1.05 bits per heavy atom. The van der Waals surface area contributed by atoms with Crippen LogP contribution in [0.15, 0.2) is 48.6 Å². The van der Waals surface area contributed by atoms with Crippen molar-refractivity contribution in [3.8, 4) is 0 Å². The zero-order valence-electron chi connectivity index (χ0n) is 56.9. The van der Waals surface area contributed by atoms with Gasteiger partial charge in [0.05, 0.1) is 39.9 Å².